The molecule has 0 aliphatic heterocycles. The molecule has 2 aromatic carbocycles. The van der Waals surface area contributed by atoms with Crippen LogP contribution in [0.4, 0.5) is 17.6 Å². The van der Waals surface area contributed by atoms with Crippen LogP contribution in [0.1, 0.15) is 0 Å². The van der Waals surface area contributed by atoms with Gasteiger partial charge in [0.05, 0.1) is 21.8 Å². The van der Waals surface area contributed by atoms with Gasteiger partial charge in [0.2, 0.25) is 0 Å². The summed E-state index contributed by atoms with van der Waals surface area (Å²) in [6, 6.07) is 9.70. The summed E-state index contributed by atoms with van der Waals surface area (Å²) in [4.78, 5) is 42.4. The zero-order chi connectivity index (χ0) is 33.4. The van der Waals surface area contributed by atoms with E-state index in [1.54, 1.807) is 70.8 Å². The van der Waals surface area contributed by atoms with Crippen LogP contribution in [0.5, 0.6) is 0 Å². The number of benzene rings is 2. The number of hydrogen-bond acceptors (Lipinski definition) is 11. The largest absolute Gasteiger partial charge is 0.401 e. The average Bonchev–Trinajstić information content (AvgIpc) is 3.83. The number of H-pyrrole nitrogens is 1. The fourth-order valence-electron chi connectivity index (χ4n) is 4.39. The van der Waals surface area contributed by atoms with E-state index in [2.05, 4.69) is 45.3 Å². The second-order valence-electron chi connectivity index (χ2n) is 9.78. The topological polar surface area (TPSA) is 176 Å². The van der Waals surface area contributed by atoms with Gasteiger partial charge in [-0.2, -0.15) is 0 Å². The van der Waals surface area contributed by atoms with Crippen molar-refractivity contribution >= 4 is 21.8 Å². The highest BCUT2D eigenvalue weighted by molar-refractivity contribution is 5.79. The lowest BCUT2D eigenvalue weighted by molar-refractivity contribution is 0.501. The SMILES string of the molecule is O=c1[nH]c(-c2ccc(-n3ccnc3)nn2)nc2cc(F)c(F)cc12.O=c1oc(-c2ccc(-n3ccnc3)nn2)nc2cc(F)c(F)cc12. The van der Waals surface area contributed by atoms with Gasteiger partial charge in [-0.3, -0.25) is 13.9 Å². The van der Waals surface area contributed by atoms with Crippen LogP contribution in [0, 0.1) is 23.3 Å². The van der Waals surface area contributed by atoms with E-state index in [4.69, 9.17) is 4.42 Å². The van der Waals surface area contributed by atoms with E-state index < -0.39 is 34.5 Å². The summed E-state index contributed by atoms with van der Waals surface area (Å²) >= 11 is 0. The summed E-state index contributed by atoms with van der Waals surface area (Å²) in [6.45, 7) is 0. The van der Waals surface area contributed by atoms with Crippen molar-refractivity contribution in [3.05, 3.63) is 130 Å². The quantitative estimate of drug-likeness (QED) is 0.272. The number of fused-ring (bicyclic) bond motifs is 2. The van der Waals surface area contributed by atoms with Gasteiger partial charge in [-0.1, -0.05) is 0 Å². The molecule has 0 fully saturated rings. The monoisotopic (exact) mass is 653 g/mol. The molecule has 14 nitrogen and oxygen atoms in total. The summed E-state index contributed by atoms with van der Waals surface area (Å²) in [5.41, 5.74) is -0.942. The smallest absolute Gasteiger partial charge is 0.347 e. The van der Waals surface area contributed by atoms with Gasteiger partial charge in [-0.15, -0.1) is 20.4 Å². The molecule has 0 aliphatic carbocycles. The first-order chi connectivity index (χ1) is 23.2. The standard InChI is InChI=1S/C15H8F2N6O.C15H7F2N5O2/c16-9-5-8-12(6-10(9)17)19-14(20-15(8)24)11-1-2-13(22-21-11)23-4-3-18-7-23;16-9-5-8-12(6-10(9)17)19-14(24-15(8)23)11-1-2-13(21-20-11)22-4-3-18-7-22/h1-7H,(H,19,20,24);1-7H. The molecule has 0 saturated carbocycles. The maximum Gasteiger partial charge on any atom is 0.347 e. The van der Waals surface area contributed by atoms with Gasteiger partial charge in [0.1, 0.15) is 24.0 Å². The van der Waals surface area contributed by atoms with Gasteiger partial charge in [-0.05, 0) is 36.4 Å². The molecule has 6 aromatic heterocycles. The van der Waals surface area contributed by atoms with E-state index in [1.165, 1.54) is 0 Å². The summed E-state index contributed by atoms with van der Waals surface area (Å²) in [5.74, 6) is -3.41. The van der Waals surface area contributed by atoms with E-state index in [0.717, 1.165) is 24.3 Å². The molecule has 1 N–H and O–H groups in total. The molecule has 0 radical (unpaired) electrons. The Labute approximate surface area is 263 Å². The van der Waals surface area contributed by atoms with Gasteiger partial charge in [0.15, 0.2) is 40.7 Å². The molecule has 48 heavy (non-hydrogen) atoms. The van der Waals surface area contributed by atoms with Crippen LogP contribution in [-0.4, -0.2) is 54.4 Å². The van der Waals surface area contributed by atoms with Crippen molar-refractivity contribution in [2.75, 3.05) is 0 Å². The van der Waals surface area contributed by atoms with E-state index in [9.17, 15) is 27.2 Å². The Morgan fingerprint density at radius 3 is 1.71 bits per heavy atom. The maximum absolute atomic E-state index is 13.4. The Morgan fingerprint density at radius 2 is 1.17 bits per heavy atom. The number of nitrogens with zero attached hydrogens (tertiary/aromatic N) is 10. The Kier molecular flexibility index (Phi) is 7.48. The number of nitrogens with one attached hydrogen (secondary N) is 1. The minimum Gasteiger partial charge on any atom is -0.401 e. The molecule has 0 unspecified atom stereocenters. The van der Waals surface area contributed by atoms with Crippen molar-refractivity contribution in [1.29, 1.82) is 0 Å². The summed E-state index contributed by atoms with van der Waals surface area (Å²) < 4.78 is 61.5. The minimum absolute atomic E-state index is 0.0272. The summed E-state index contributed by atoms with van der Waals surface area (Å²) in [7, 11) is 0. The number of imidazole rings is 2. The zero-order valence-electron chi connectivity index (χ0n) is 23.8. The number of rotatable bonds is 4. The third-order valence-corrected chi connectivity index (χ3v) is 6.72. The lowest BCUT2D eigenvalue weighted by Crippen LogP contribution is -2.11. The molecule has 8 rings (SSSR count). The number of aromatic nitrogens is 11. The molecular formula is C30H15F4N11O3. The first-order valence-electron chi connectivity index (χ1n) is 13.6. The highest BCUT2D eigenvalue weighted by Gasteiger charge is 2.15. The normalized spacial score (nSPS) is 11.1. The predicted octanol–water partition coefficient (Wildman–Crippen LogP) is 3.95. The van der Waals surface area contributed by atoms with Gasteiger partial charge in [-0.25, -0.2) is 42.3 Å². The lowest BCUT2D eigenvalue weighted by atomic mass is 10.2. The molecular weight excluding hydrogens is 638 g/mol. The number of aromatic amines is 1. The Hall–Kier alpha value is -6.98. The molecule has 0 aliphatic rings. The van der Waals surface area contributed by atoms with Crippen molar-refractivity contribution < 1.29 is 22.0 Å². The molecule has 236 valence electrons. The molecule has 8 aromatic rings. The molecule has 0 spiro atoms. The van der Waals surface area contributed by atoms with Crippen molar-refractivity contribution in [2.45, 2.75) is 0 Å². The van der Waals surface area contributed by atoms with Crippen molar-refractivity contribution in [2.24, 2.45) is 0 Å². The zero-order valence-corrected chi connectivity index (χ0v) is 23.8. The fourth-order valence-corrected chi connectivity index (χ4v) is 4.39. The molecule has 0 amide bonds. The molecule has 18 heteroatoms. The number of halogens is 4. The minimum atomic E-state index is -1.14. The van der Waals surface area contributed by atoms with Crippen LogP contribution in [-0.2, 0) is 0 Å². The molecule has 0 bridgehead atoms. The first-order valence-corrected chi connectivity index (χ1v) is 13.6. The van der Waals surface area contributed by atoms with E-state index in [1.807, 2.05) is 0 Å². The summed E-state index contributed by atoms with van der Waals surface area (Å²) in [5, 5.41) is 15.7. The van der Waals surface area contributed by atoms with Crippen LogP contribution in [0.3, 0.4) is 0 Å². The highest BCUT2D eigenvalue weighted by atomic mass is 19.2. The lowest BCUT2D eigenvalue weighted by Gasteiger charge is -2.04. The van der Waals surface area contributed by atoms with Gasteiger partial charge >= 0.3 is 5.63 Å². The van der Waals surface area contributed by atoms with Gasteiger partial charge in [0, 0.05) is 36.9 Å². The second kappa shape index (κ2) is 12.1. The molecule has 0 atom stereocenters. The van der Waals surface area contributed by atoms with Crippen LogP contribution in [0.15, 0.2) is 100.0 Å². The Bertz CT molecular complexity index is 2360. The van der Waals surface area contributed by atoms with Crippen molar-refractivity contribution in [3.63, 3.8) is 0 Å². The Balaban J connectivity index is 0.000000152. The van der Waals surface area contributed by atoms with Crippen LogP contribution in [0.25, 0.3) is 56.5 Å². The van der Waals surface area contributed by atoms with E-state index >= 15 is 0 Å². The predicted molar refractivity (Wildman–Crippen MR) is 159 cm³/mol. The maximum atomic E-state index is 13.4. The van der Waals surface area contributed by atoms with Crippen LogP contribution < -0.4 is 11.2 Å². The van der Waals surface area contributed by atoms with Crippen LogP contribution >= 0.6 is 0 Å². The van der Waals surface area contributed by atoms with Crippen molar-refractivity contribution in [1.82, 2.24) is 54.4 Å². The van der Waals surface area contributed by atoms with Crippen LogP contribution in [0.2, 0.25) is 0 Å². The second-order valence-corrected chi connectivity index (χ2v) is 9.78. The number of hydrogen-bond donors (Lipinski definition) is 1. The average molecular weight is 654 g/mol. The fraction of sp³-hybridized carbons (Fsp3) is 0. The van der Waals surface area contributed by atoms with E-state index in [-0.39, 0.29) is 39.2 Å². The third kappa shape index (κ3) is 5.75. The summed E-state index contributed by atoms with van der Waals surface area (Å²) in [6.07, 6.45) is 9.71. The first kappa shape index (κ1) is 29.7. The Morgan fingerprint density at radius 1 is 0.625 bits per heavy atom. The third-order valence-electron chi connectivity index (χ3n) is 6.72. The molecule has 6 heterocycles. The molecule has 0 saturated heterocycles. The van der Waals surface area contributed by atoms with Gasteiger partial charge in [0.25, 0.3) is 11.4 Å². The highest BCUT2D eigenvalue weighted by Crippen LogP contribution is 2.20. The van der Waals surface area contributed by atoms with Crippen molar-refractivity contribution in [3.8, 4) is 34.7 Å². The van der Waals surface area contributed by atoms with Gasteiger partial charge < -0.3 is 9.40 Å². The van der Waals surface area contributed by atoms with E-state index in [0.29, 0.717) is 17.3 Å².